The van der Waals surface area contributed by atoms with Crippen LogP contribution >= 0.6 is 11.6 Å². The van der Waals surface area contributed by atoms with E-state index >= 15 is 0 Å². The van der Waals surface area contributed by atoms with Crippen molar-refractivity contribution in [2.45, 2.75) is 20.3 Å². The maximum Gasteiger partial charge on any atom is 0.241 e. The van der Waals surface area contributed by atoms with Gasteiger partial charge in [-0.1, -0.05) is 18.5 Å². The predicted octanol–water partition coefficient (Wildman–Crippen LogP) is 3.15. The van der Waals surface area contributed by atoms with Crippen LogP contribution < -0.4 is 10.1 Å². The van der Waals surface area contributed by atoms with Crippen LogP contribution in [0.5, 0.6) is 5.75 Å². The van der Waals surface area contributed by atoms with Crippen molar-refractivity contribution in [2.24, 2.45) is 5.92 Å². The maximum atomic E-state index is 11.8. The number of rotatable bonds is 4. The zero-order chi connectivity index (χ0) is 13.7. The molecule has 1 amide bonds. The summed E-state index contributed by atoms with van der Waals surface area (Å²) in [5.41, 5.74) is 1.34. The van der Waals surface area contributed by atoms with Crippen molar-refractivity contribution in [1.29, 1.82) is 5.26 Å². The van der Waals surface area contributed by atoms with Gasteiger partial charge in [0.15, 0.2) is 0 Å². The lowest BCUT2D eigenvalue weighted by Gasteiger charge is -2.13. The third-order valence-electron chi connectivity index (χ3n) is 2.62. The second kappa shape index (κ2) is 6.27. The first-order valence-corrected chi connectivity index (χ1v) is 5.95. The van der Waals surface area contributed by atoms with Crippen LogP contribution in [0.15, 0.2) is 12.1 Å². The molecular weight excluding hydrogens is 252 g/mol. The molecule has 1 aromatic carbocycles. The molecule has 0 saturated heterocycles. The molecule has 1 unspecified atom stereocenters. The number of anilines is 1. The number of hydrogen-bond acceptors (Lipinski definition) is 3. The van der Waals surface area contributed by atoms with E-state index < -0.39 is 5.92 Å². The smallest absolute Gasteiger partial charge is 0.241 e. The Morgan fingerprint density at radius 1 is 1.61 bits per heavy atom. The minimum Gasteiger partial charge on any atom is -0.495 e. The zero-order valence-electron chi connectivity index (χ0n) is 10.6. The minimum absolute atomic E-state index is 0.349. The number of carbonyl (C=O) groups excluding carboxylic acids is 1. The molecule has 1 N–H and O–H groups in total. The normalized spacial score (nSPS) is 11.5. The van der Waals surface area contributed by atoms with E-state index in [9.17, 15) is 4.79 Å². The van der Waals surface area contributed by atoms with Gasteiger partial charge in [0.25, 0.3) is 0 Å². The standard InChI is InChI=1S/C13H15ClN2O2/c1-4-9(7-15)13(17)16-11-6-10(14)8(2)5-12(11)18-3/h5-6,9H,4H2,1-3H3,(H,16,17). The average Bonchev–Trinajstić information content (AvgIpc) is 2.35. The molecule has 0 fully saturated rings. The summed E-state index contributed by atoms with van der Waals surface area (Å²) in [5.74, 6) is -0.494. The SMILES string of the molecule is CCC(C#N)C(=O)Nc1cc(Cl)c(C)cc1OC. The van der Waals surface area contributed by atoms with Crippen LogP contribution in [0.25, 0.3) is 0 Å². The number of ether oxygens (including phenoxy) is 1. The Balaban J connectivity index is 3.01. The fourth-order valence-electron chi connectivity index (χ4n) is 1.48. The number of methoxy groups -OCH3 is 1. The quantitative estimate of drug-likeness (QED) is 0.911. The van der Waals surface area contributed by atoms with Crippen molar-refractivity contribution in [1.82, 2.24) is 0 Å². The van der Waals surface area contributed by atoms with Crippen LogP contribution in [-0.2, 0) is 4.79 Å². The van der Waals surface area contributed by atoms with Gasteiger partial charge in [-0.2, -0.15) is 5.26 Å². The number of benzene rings is 1. The number of nitrogens with zero attached hydrogens (tertiary/aromatic N) is 1. The molecule has 0 radical (unpaired) electrons. The monoisotopic (exact) mass is 266 g/mol. The first-order chi connectivity index (χ1) is 8.53. The first-order valence-electron chi connectivity index (χ1n) is 5.58. The van der Waals surface area contributed by atoms with Crippen LogP contribution in [0, 0.1) is 24.2 Å². The lowest BCUT2D eigenvalue weighted by atomic mass is 10.1. The second-order valence-electron chi connectivity index (χ2n) is 3.88. The number of carbonyl (C=O) groups is 1. The van der Waals surface area contributed by atoms with Crippen molar-refractivity contribution in [2.75, 3.05) is 12.4 Å². The number of hydrogen-bond donors (Lipinski definition) is 1. The largest absolute Gasteiger partial charge is 0.495 e. The van der Waals surface area contributed by atoms with Crippen molar-refractivity contribution in [3.63, 3.8) is 0 Å². The van der Waals surface area contributed by atoms with E-state index in [2.05, 4.69) is 5.32 Å². The van der Waals surface area contributed by atoms with E-state index in [0.717, 1.165) is 5.56 Å². The summed E-state index contributed by atoms with van der Waals surface area (Å²) < 4.78 is 5.17. The number of aryl methyl sites for hydroxylation is 1. The van der Waals surface area contributed by atoms with Gasteiger partial charge in [-0.15, -0.1) is 0 Å². The summed E-state index contributed by atoms with van der Waals surface area (Å²) in [6.45, 7) is 3.63. The highest BCUT2D eigenvalue weighted by Crippen LogP contribution is 2.31. The van der Waals surface area contributed by atoms with E-state index in [4.69, 9.17) is 21.6 Å². The van der Waals surface area contributed by atoms with Gasteiger partial charge in [-0.05, 0) is 31.0 Å². The Labute approximate surface area is 112 Å². The highest BCUT2D eigenvalue weighted by atomic mass is 35.5. The van der Waals surface area contributed by atoms with Gasteiger partial charge in [0, 0.05) is 5.02 Å². The highest BCUT2D eigenvalue weighted by molar-refractivity contribution is 6.31. The third-order valence-corrected chi connectivity index (χ3v) is 3.03. The zero-order valence-corrected chi connectivity index (χ0v) is 11.3. The Morgan fingerprint density at radius 2 is 2.28 bits per heavy atom. The molecule has 0 bridgehead atoms. The molecule has 18 heavy (non-hydrogen) atoms. The van der Waals surface area contributed by atoms with Gasteiger partial charge in [-0.3, -0.25) is 4.79 Å². The number of amides is 1. The molecule has 0 aromatic heterocycles. The molecule has 5 heteroatoms. The van der Waals surface area contributed by atoms with Gasteiger partial charge in [0.1, 0.15) is 11.7 Å². The van der Waals surface area contributed by atoms with Gasteiger partial charge in [0.2, 0.25) is 5.91 Å². The molecule has 0 aliphatic heterocycles. The number of nitrogens with one attached hydrogen (secondary N) is 1. The molecule has 1 aromatic rings. The summed E-state index contributed by atoms with van der Waals surface area (Å²) in [7, 11) is 1.51. The topological polar surface area (TPSA) is 62.1 Å². The summed E-state index contributed by atoms with van der Waals surface area (Å²) in [6, 6.07) is 5.31. The molecule has 1 rings (SSSR count). The van der Waals surface area contributed by atoms with Crippen LogP contribution in [0.4, 0.5) is 5.69 Å². The van der Waals surface area contributed by atoms with E-state index in [1.165, 1.54) is 7.11 Å². The number of halogens is 1. The Bertz CT molecular complexity index is 494. The molecule has 0 saturated carbocycles. The molecule has 4 nitrogen and oxygen atoms in total. The molecule has 0 heterocycles. The van der Waals surface area contributed by atoms with Crippen LogP contribution in [0.3, 0.4) is 0 Å². The average molecular weight is 267 g/mol. The fourth-order valence-corrected chi connectivity index (χ4v) is 1.64. The predicted molar refractivity (Wildman–Crippen MR) is 70.8 cm³/mol. The molecule has 0 aliphatic carbocycles. The minimum atomic E-state index is -0.671. The van der Waals surface area contributed by atoms with Gasteiger partial charge in [-0.25, -0.2) is 0 Å². The highest BCUT2D eigenvalue weighted by Gasteiger charge is 2.17. The summed E-state index contributed by atoms with van der Waals surface area (Å²) >= 11 is 6.00. The lowest BCUT2D eigenvalue weighted by molar-refractivity contribution is -0.118. The molecule has 0 aliphatic rings. The number of nitriles is 1. The lowest BCUT2D eigenvalue weighted by Crippen LogP contribution is -2.21. The fraction of sp³-hybridized carbons (Fsp3) is 0.385. The second-order valence-corrected chi connectivity index (χ2v) is 4.29. The summed E-state index contributed by atoms with van der Waals surface area (Å²) in [4.78, 5) is 11.8. The van der Waals surface area contributed by atoms with Crippen molar-refractivity contribution >= 4 is 23.2 Å². The summed E-state index contributed by atoms with van der Waals surface area (Å²) in [6.07, 6.45) is 0.463. The Morgan fingerprint density at radius 3 is 2.78 bits per heavy atom. The van der Waals surface area contributed by atoms with Gasteiger partial charge >= 0.3 is 0 Å². The van der Waals surface area contributed by atoms with E-state index in [-0.39, 0.29) is 5.91 Å². The van der Waals surface area contributed by atoms with Crippen molar-refractivity contribution in [3.05, 3.63) is 22.7 Å². The van der Waals surface area contributed by atoms with Crippen LogP contribution in [0.2, 0.25) is 5.02 Å². The van der Waals surface area contributed by atoms with E-state index in [1.807, 2.05) is 13.0 Å². The van der Waals surface area contributed by atoms with Crippen molar-refractivity contribution in [3.8, 4) is 11.8 Å². The van der Waals surface area contributed by atoms with Gasteiger partial charge < -0.3 is 10.1 Å². The van der Waals surface area contributed by atoms with Crippen LogP contribution in [-0.4, -0.2) is 13.0 Å². The molecule has 0 spiro atoms. The Hall–Kier alpha value is -1.73. The third kappa shape index (κ3) is 3.14. The summed E-state index contributed by atoms with van der Waals surface area (Å²) in [5, 5.41) is 12.0. The van der Waals surface area contributed by atoms with E-state index in [0.29, 0.717) is 22.9 Å². The first kappa shape index (κ1) is 14.3. The maximum absolute atomic E-state index is 11.8. The Kier molecular flexibility index (Phi) is 4.99. The van der Waals surface area contributed by atoms with Gasteiger partial charge in [0.05, 0.1) is 18.9 Å². The van der Waals surface area contributed by atoms with Crippen molar-refractivity contribution < 1.29 is 9.53 Å². The van der Waals surface area contributed by atoms with E-state index in [1.54, 1.807) is 19.1 Å². The van der Waals surface area contributed by atoms with Crippen LogP contribution in [0.1, 0.15) is 18.9 Å². The molecular formula is C13H15ClN2O2. The molecule has 96 valence electrons. The molecule has 1 atom stereocenters.